The van der Waals surface area contributed by atoms with Gasteiger partial charge in [-0.25, -0.2) is 0 Å². The van der Waals surface area contributed by atoms with E-state index < -0.39 is 10.8 Å². The molecule has 0 aliphatic rings. The minimum absolute atomic E-state index is 0.0648. The molecule has 0 spiro atoms. The summed E-state index contributed by atoms with van der Waals surface area (Å²) in [6, 6.07) is 15.8. The third-order valence-electron chi connectivity index (χ3n) is 3.11. The molecule has 20 heavy (non-hydrogen) atoms. The zero-order valence-electron chi connectivity index (χ0n) is 10.8. The lowest BCUT2D eigenvalue weighted by Gasteiger charge is -2.04. The second kappa shape index (κ2) is 5.06. The van der Waals surface area contributed by atoms with Crippen molar-refractivity contribution in [1.82, 2.24) is 0 Å². The molecule has 1 atom stereocenters. The van der Waals surface area contributed by atoms with Crippen molar-refractivity contribution in [2.75, 3.05) is 6.26 Å². The molecule has 0 N–H and O–H groups in total. The van der Waals surface area contributed by atoms with Crippen LogP contribution in [-0.2, 0) is 10.8 Å². The third kappa shape index (κ3) is 2.30. The first-order valence-corrected chi connectivity index (χ1v) is 7.68. The van der Waals surface area contributed by atoms with Crippen LogP contribution in [0.15, 0.2) is 68.7 Å². The third-order valence-corrected chi connectivity index (χ3v) is 4.04. The average molecular weight is 284 g/mol. The molecule has 0 saturated carbocycles. The zero-order chi connectivity index (χ0) is 14.1. The van der Waals surface area contributed by atoms with E-state index in [0.29, 0.717) is 16.7 Å². The van der Waals surface area contributed by atoms with E-state index in [0.717, 1.165) is 10.5 Å². The van der Waals surface area contributed by atoms with Crippen LogP contribution in [0.25, 0.3) is 22.3 Å². The zero-order valence-corrected chi connectivity index (χ0v) is 11.6. The maximum atomic E-state index is 12.0. The monoisotopic (exact) mass is 284 g/mol. The van der Waals surface area contributed by atoms with Crippen LogP contribution in [-0.4, -0.2) is 10.5 Å². The topological polar surface area (TPSA) is 47.3 Å². The summed E-state index contributed by atoms with van der Waals surface area (Å²) < 4.78 is 17.1. The maximum absolute atomic E-state index is 12.0. The molecule has 3 rings (SSSR count). The lowest BCUT2D eigenvalue weighted by molar-refractivity contribution is 0.619. The second-order valence-corrected chi connectivity index (χ2v) is 5.83. The summed E-state index contributed by atoms with van der Waals surface area (Å²) in [7, 11) is -1.01. The van der Waals surface area contributed by atoms with Crippen molar-refractivity contribution >= 4 is 21.8 Å². The standard InChI is InChI=1S/C16H12O3S/c1-20(18)12-8-6-11(7-9-12)16-10-14(17)13-4-2-3-5-15(13)19-16/h2-10H,1H3. The molecule has 0 saturated heterocycles. The van der Waals surface area contributed by atoms with Crippen LogP contribution in [0, 0.1) is 0 Å². The Kier molecular flexibility index (Phi) is 3.24. The molecule has 3 nitrogen and oxygen atoms in total. The fourth-order valence-electron chi connectivity index (χ4n) is 2.06. The van der Waals surface area contributed by atoms with Gasteiger partial charge in [0.15, 0.2) is 5.43 Å². The fraction of sp³-hybridized carbons (Fsp3) is 0.0625. The molecule has 1 aromatic heterocycles. The summed E-state index contributed by atoms with van der Waals surface area (Å²) in [6.45, 7) is 0. The fourth-order valence-corrected chi connectivity index (χ4v) is 2.58. The highest BCUT2D eigenvalue weighted by Crippen LogP contribution is 2.22. The summed E-state index contributed by atoms with van der Waals surface area (Å²) in [5.74, 6) is 0.516. The molecule has 0 bridgehead atoms. The number of benzene rings is 2. The number of rotatable bonds is 2. The highest BCUT2D eigenvalue weighted by molar-refractivity contribution is 7.84. The van der Waals surface area contributed by atoms with E-state index in [4.69, 9.17) is 4.42 Å². The van der Waals surface area contributed by atoms with Gasteiger partial charge in [0.25, 0.3) is 0 Å². The lowest BCUT2D eigenvalue weighted by atomic mass is 10.1. The van der Waals surface area contributed by atoms with Crippen LogP contribution in [0.5, 0.6) is 0 Å². The average Bonchev–Trinajstić information content (AvgIpc) is 2.47. The molecule has 2 aromatic carbocycles. The highest BCUT2D eigenvalue weighted by atomic mass is 32.2. The first-order chi connectivity index (χ1) is 9.65. The van der Waals surface area contributed by atoms with Gasteiger partial charge in [-0.2, -0.15) is 0 Å². The molecular formula is C16H12O3S. The molecule has 0 fully saturated rings. The van der Waals surface area contributed by atoms with Crippen molar-refractivity contribution in [2.45, 2.75) is 4.90 Å². The molecule has 0 aliphatic heterocycles. The number of hydrogen-bond donors (Lipinski definition) is 0. The Labute approximate surface area is 118 Å². The van der Waals surface area contributed by atoms with Crippen LogP contribution in [0.2, 0.25) is 0 Å². The molecule has 0 amide bonds. The predicted molar refractivity (Wildman–Crippen MR) is 80.3 cm³/mol. The molecule has 1 unspecified atom stereocenters. The predicted octanol–water partition coefficient (Wildman–Crippen LogP) is 3.20. The van der Waals surface area contributed by atoms with E-state index in [2.05, 4.69) is 0 Å². The molecular weight excluding hydrogens is 272 g/mol. The van der Waals surface area contributed by atoms with Gasteiger partial charge < -0.3 is 4.42 Å². The van der Waals surface area contributed by atoms with Crippen molar-refractivity contribution in [3.63, 3.8) is 0 Å². The second-order valence-electron chi connectivity index (χ2n) is 4.45. The van der Waals surface area contributed by atoms with Gasteiger partial charge in [-0.05, 0) is 24.3 Å². The van der Waals surface area contributed by atoms with Gasteiger partial charge in [0.05, 0.1) is 5.39 Å². The van der Waals surface area contributed by atoms with E-state index in [1.807, 2.05) is 24.3 Å². The van der Waals surface area contributed by atoms with Crippen LogP contribution >= 0.6 is 0 Å². The Morgan fingerprint density at radius 3 is 2.40 bits per heavy atom. The lowest BCUT2D eigenvalue weighted by Crippen LogP contribution is -1.99. The van der Waals surface area contributed by atoms with Gasteiger partial charge >= 0.3 is 0 Å². The van der Waals surface area contributed by atoms with E-state index in [-0.39, 0.29) is 5.43 Å². The van der Waals surface area contributed by atoms with Crippen molar-refractivity contribution in [3.8, 4) is 11.3 Å². The molecule has 4 heteroatoms. The maximum Gasteiger partial charge on any atom is 0.193 e. The van der Waals surface area contributed by atoms with Gasteiger partial charge in [-0.3, -0.25) is 9.00 Å². The number of fused-ring (bicyclic) bond motifs is 1. The Balaban J connectivity index is 2.14. The number of hydrogen-bond acceptors (Lipinski definition) is 3. The normalized spacial score (nSPS) is 12.4. The Bertz CT molecular complexity index is 847. The molecule has 3 aromatic rings. The molecule has 0 radical (unpaired) electrons. The molecule has 1 heterocycles. The van der Waals surface area contributed by atoms with Gasteiger partial charge in [0.2, 0.25) is 0 Å². The van der Waals surface area contributed by atoms with Gasteiger partial charge in [-0.15, -0.1) is 0 Å². The minimum Gasteiger partial charge on any atom is -0.456 e. The summed E-state index contributed by atoms with van der Waals surface area (Å²) in [6.07, 6.45) is 1.63. The van der Waals surface area contributed by atoms with E-state index in [1.165, 1.54) is 6.07 Å². The minimum atomic E-state index is -1.01. The molecule has 100 valence electrons. The quantitative estimate of drug-likeness (QED) is 0.726. The van der Waals surface area contributed by atoms with Crippen molar-refractivity contribution in [1.29, 1.82) is 0 Å². The van der Waals surface area contributed by atoms with Crippen LogP contribution in [0.4, 0.5) is 0 Å². The van der Waals surface area contributed by atoms with E-state index in [1.54, 1.807) is 30.5 Å². The highest BCUT2D eigenvalue weighted by Gasteiger charge is 2.07. The summed E-state index contributed by atoms with van der Waals surface area (Å²) >= 11 is 0. The van der Waals surface area contributed by atoms with Gasteiger partial charge in [0, 0.05) is 33.6 Å². The number of para-hydroxylation sites is 1. The van der Waals surface area contributed by atoms with Gasteiger partial charge in [-0.1, -0.05) is 24.3 Å². The molecule has 0 aliphatic carbocycles. The van der Waals surface area contributed by atoms with Crippen LogP contribution in [0.3, 0.4) is 0 Å². The summed E-state index contributed by atoms with van der Waals surface area (Å²) in [5, 5.41) is 0.572. The van der Waals surface area contributed by atoms with Crippen molar-refractivity contribution in [2.24, 2.45) is 0 Å². The first kappa shape index (κ1) is 12.8. The summed E-state index contributed by atoms with van der Waals surface area (Å²) in [4.78, 5) is 12.8. The van der Waals surface area contributed by atoms with E-state index >= 15 is 0 Å². The SMILES string of the molecule is CS(=O)c1ccc(-c2cc(=O)c3ccccc3o2)cc1. The Hall–Kier alpha value is -2.20. The summed E-state index contributed by atoms with van der Waals surface area (Å²) in [5.41, 5.74) is 1.30. The Morgan fingerprint density at radius 1 is 1.00 bits per heavy atom. The smallest absolute Gasteiger partial charge is 0.193 e. The van der Waals surface area contributed by atoms with Crippen molar-refractivity contribution < 1.29 is 8.63 Å². The first-order valence-electron chi connectivity index (χ1n) is 6.12. The van der Waals surface area contributed by atoms with Gasteiger partial charge in [0.1, 0.15) is 11.3 Å². The largest absolute Gasteiger partial charge is 0.456 e. The van der Waals surface area contributed by atoms with Crippen LogP contribution in [0.1, 0.15) is 0 Å². The van der Waals surface area contributed by atoms with Crippen LogP contribution < -0.4 is 5.43 Å². The Morgan fingerprint density at radius 2 is 1.70 bits per heavy atom. The van der Waals surface area contributed by atoms with Crippen molar-refractivity contribution in [3.05, 3.63) is 64.8 Å². The van der Waals surface area contributed by atoms with E-state index in [9.17, 15) is 9.00 Å².